The minimum absolute atomic E-state index is 0.524. The van der Waals surface area contributed by atoms with E-state index in [0.717, 1.165) is 24.3 Å². The summed E-state index contributed by atoms with van der Waals surface area (Å²) in [5.41, 5.74) is 2.77. The zero-order valence-electron chi connectivity index (χ0n) is 34.2. The molecule has 0 heterocycles. The summed E-state index contributed by atoms with van der Waals surface area (Å²) in [6.45, 7) is 13.0. The molecule has 0 amide bonds. The Morgan fingerprint density at radius 2 is 0.519 bits per heavy atom. The predicted molar refractivity (Wildman–Crippen MR) is 218 cm³/mol. The molecule has 2 aromatic rings. The van der Waals surface area contributed by atoms with Crippen molar-refractivity contribution < 1.29 is 42.6 Å². The summed E-state index contributed by atoms with van der Waals surface area (Å²) in [5, 5.41) is 0. The molecule has 2 aromatic carbocycles. The van der Waals surface area contributed by atoms with Crippen LogP contribution in [0.25, 0.3) is 0 Å². The van der Waals surface area contributed by atoms with Crippen molar-refractivity contribution in [3.8, 4) is 11.5 Å². The molecule has 0 spiro atoms. The number of benzene rings is 2. The molecule has 9 heteroatoms. The molecule has 0 bridgehead atoms. The van der Waals surface area contributed by atoms with E-state index >= 15 is 0 Å². The Labute approximate surface area is 329 Å². The van der Waals surface area contributed by atoms with Gasteiger partial charge in [0.25, 0.3) is 0 Å². The fraction of sp³-hybridized carbons (Fsp3) is 0.733. The van der Waals surface area contributed by atoms with Crippen LogP contribution in [0.15, 0.2) is 48.5 Å². The highest BCUT2D eigenvalue weighted by Crippen LogP contribution is 2.16. The van der Waals surface area contributed by atoms with Crippen LogP contribution in [0.2, 0.25) is 0 Å². The Morgan fingerprint density at radius 3 is 0.796 bits per heavy atom. The molecule has 0 saturated heterocycles. The van der Waals surface area contributed by atoms with Gasteiger partial charge in [0.2, 0.25) is 0 Å². The van der Waals surface area contributed by atoms with Gasteiger partial charge in [-0.05, 0) is 61.1 Å². The van der Waals surface area contributed by atoms with Crippen molar-refractivity contribution in [2.45, 2.75) is 110 Å². The smallest absolute Gasteiger partial charge is 0.119 e. The van der Waals surface area contributed by atoms with E-state index in [1.807, 2.05) is 0 Å². The topological polar surface area (TPSA) is 83.1 Å². The molecule has 0 aliphatic carbocycles. The summed E-state index contributed by atoms with van der Waals surface area (Å²) >= 11 is 0. The number of aryl methyl sites for hydroxylation is 2. The van der Waals surface area contributed by atoms with Crippen LogP contribution >= 0.6 is 0 Å². The SMILES string of the molecule is CCCCCCCCCc1ccc(OCCOCCOCCOCCOCCOCCOCCOCCOc2ccc(CCCCCCCC)cc2)cc1. The van der Waals surface area contributed by atoms with E-state index in [1.165, 1.54) is 94.6 Å². The molecule has 0 fully saturated rings. The Morgan fingerprint density at radius 1 is 0.278 bits per heavy atom. The Bertz CT molecular complexity index is 1030. The van der Waals surface area contributed by atoms with Crippen LogP contribution in [0, 0.1) is 0 Å². The van der Waals surface area contributed by atoms with E-state index in [-0.39, 0.29) is 0 Å². The van der Waals surface area contributed by atoms with Crippen LogP contribution in [-0.4, -0.2) is 106 Å². The Kier molecular flexibility index (Phi) is 33.4. The zero-order valence-corrected chi connectivity index (χ0v) is 34.2. The monoisotopic (exact) mass is 761 g/mol. The standard InChI is InChI=1S/C45H76O9/c1-3-5-7-9-11-13-15-17-43-20-24-45(25-21-43)54-41-39-52-37-35-50-33-31-48-29-27-46-26-28-47-30-32-49-34-36-51-38-40-53-44-22-18-42(19-23-44)16-14-12-10-8-6-4-2/h18-25H,3-17,26-41H2,1-2H3. The summed E-state index contributed by atoms with van der Waals surface area (Å²) < 4.78 is 50.5. The van der Waals surface area contributed by atoms with E-state index in [2.05, 4.69) is 62.4 Å². The lowest BCUT2D eigenvalue weighted by atomic mass is 10.0. The molecule has 2 rings (SSSR count). The number of unbranched alkanes of at least 4 members (excludes halogenated alkanes) is 11. The molecule has 0 N–H and O–H groups in total. The molecule has 0 radical (unpaired) electrons. The van der Waals surface area contributed by atoms with Gasteiger partial charge in [0, 0.05) is 0 Å². The average Bonchev–Trinajstić information content (AvgIpc) is 3.20. The van der Waals surface area contributed by atoms with Gasteiger partial charge in [-0.1, -0.05) is 109 Å². The highest BCUT2D eigenvalue weighted by molar-refractivity contribution is 5.28. The largest absolute Gasteiger partial charge is 0.491 e. The summed E-state index contributed by atoms with van der Waals surface area (Å²) in [5.74, 6) is 1.78. The van der Waals surface area contributed by atoms with Gasteiger partial charge in [0.1, 0.15) is 24.7 Å². The van der Waals surface area contributed by atoms with Gasteiger partial charge < -0.3 is 42.6 Å². The van der Waals surface area contributed by atoms with Gasteiger partial charge >= 0.3 is 0 Å². The van der Waals surface area contributed by atoms with Crippen molar-refractivity contribution in [1.82, 2.24) is 0 Å². The minimum Gasteiger partial charge on any atom is -0.491 e. The van der Waals surface area contributed by atoms with Gasteiger partial charge in [-0.2, -0.15) is 0 Å². The van der Waals surface area contributed by atoms with E-state index in [4.69, 9.17) is 42.6 Å². The first-order valence-electron chi connectivity index (χ1n) is 21.3. The second kappa shape index (κ2) is 37.7. The molecule has 9 nitrogen and oxygen atoms in total. The fourth-order valence-corrected chi connectivity index (χ4v) is 5.76. The third-order valence-corrected chi connectivity index (χ3v) is 8.96. The Balaban J connectivity index is 1.22. The van der Waals surface area contributed by atoms with Crippen LogP contribution in [0.5, 0.6) is 11.5 Å². The first kappa shape index (κ1) is 47.9. The highest BCUT2D eigenvalue weighted by atomic mass is 16.6. The van der Waals surface area contributed by atoms with Crippen molar-refractivity contribution in [1.29, 1.82) is 0 Å². The fourth-order valence-electron chi connectivity index (χ4n) is 5.76. The van der Waals surface area contributed by atoms with Gasteiger partial charge in [-0.25, -0.2) is 0 Å². The van der Waals surface area contributed by atoms with Gasteiger partial charge in [0.15, 0.2) is 0 Å². The maximum atomic E-state index is 5.79. The van der Waals surface area contributed by atoms with Crippen LogP contribution in [0.3, 0.4) is 0 Å². The molecular formula is C45H76O9. The molecular weight excluding hydrogens is 684 g/mol. The van der Waals surface area contributed by atoms with E-state index in [1.54, 1.807) is 0 Å². The van der Waals surface area contributed by atoms with Crippen molar-refractivity contribution in [2.75, 3.05) is 106 Å². The van der Waals surface area contributed by atoms with Gasteiger partial charge in [-0.15, -0.1) is 0 Å². The van der Waals surface area contributed by atoms with Crippen LogP contribution in [0.1, 0.15) is 108 Å². The van der Waals surface area contributed by atoms with Crippen molar-refractivity contribution >= 4 is 0 Å². The summed E-state index contributed by atoms with van der Waals surface area (Å²) in [4.78, 5) is 0. The summed E-state index contributed by atoms with van der Waals surface area (Å²) in [6.07, 6.45) is 19.6. The quantitative estimate of drug-likeness (QED) is 0.0616. The third-order valence-electron chi connectivity index (χ3n) is 8.96. The van der Waals surface area contributed by atoms with Crippen molar-refractivity contribution in [3.05, 3.63) is 59.7 Å². The third kappa shape index (κ3) is 30.0. The van der Waals surface area contributed by atoms with Crippen molar-refractivity contribution in [3.63, 3.8) is 0 Å². The maximum absolute atomic E-state index is 5.79. The predicted octanol–water partition coefficient (Wildman–Crippen LogP) is 9.46. The molecule has 310 valence electrons. The number of ether oxygens (including phenoxy) is 9. The van der Waals surface area contributed by atoms with Crippen LogP contribution in [-0.2, 0) is 46.0 Å². The average molecular weight is 761 g/mol. The molecule has 0 aliphatic rings. The molecule has 0 atom stereocenters. The first-order chi connectivity index (χ1) is 26.8. The van der Waals surface area contributed by atoms with Crippen molar-refractivity contribution in [2.24, 2.45) is 0 Å². The van der Waals surface area contributed by atoms with E-state index < -0.39 is 0 Å². The molecule has 0 aliphatic heterocycles. The number of rotatable bonds is 41. The highest BCUT2D eigenvalue weighted by Gasteiger charge is 2.00. The van der Waals surface area contributed by atoms with Gasteiger partial charge in [-0.3, -0.25) is 0 Å². The first-order valence-corrected chi connectivity index (χ1v) is 21.3. The summed E-state index contributed by atoms with van der Waals surface area (Å²) in [7, 11) is 0. The van der Waals surface area contributed by atoms with Gasteiger partial charge in [0.05, 0.1) is 92.5 Å². The lowest BCUT2D eigenvalue weighted by Crippen LogP contribution is -2.15. The number of hydrogen-bond donors (Lipinski definition) is 0. The van der Waals surface area contributed by atoms with Crippen LogP contribution < -0.4 is 9.47 Å². The molecule has 54 heavy (non-hydrogen) atoms. The lowest BCUT2D eigenvalue weighted by molar-refractivity contribution is -0.0218. The molecule has 0 saturated carbocycles. The number of hydrogen-bond acceptors (Lipinski definition) is 9. The zero-order chi connectivity index (χ0) is 38.3. The second-order valence-electron chi connectivity index (χ2n) is 13.7. The van der Waals surface area contributed by atoms with E-state index in [0.29, 0.717) is 106 Å². The molecule has 0 unspecified atom stereocenters. The maximum Gasteiger partial charge on any atom is 0.119 e. The minimum atomic E-state index is 0.524. The van der Waals surface area contributed by atoms with Crippen LogP contribution in [0.4, 0.5) is 0 Å². The Hall–Kier alpha value is -2.24. The second-order valence-corrected chi connectivity index (χ2v) is 13.7. The lowest BCUT2D eigenvalue weighted by Gasteiger charge is -2.09. The van der Waals surface area contributed by atoms with E-state index in [9.17, 15) is 0 Å². The summed E-state index contributed by atoms with van der Waals surface area (Å²) in [6, 6.07) is 16.9. The normalized spacial score (nSPS) is 11.4. The molecule has 0 aromatic heterocycles.